The van der Waals surface area contributed by atoms with Gasteiger partial charge >= 0.3 is 6.03 Å². The van der Waals surface area contributed by atoms with E-state index in [0.717, 1.165) is 92.0 Å². The number of urea groups is 1. The Labute approximate surface area is 246 Å². The summed E-state index contributed by atoms with van der Waals surface area (Å²) in [6, 6.07) is 18.6. The molecule has 0 bridgehead atoms. The number of nitrogens with zero attached hydrogens (tertiary/aromatic N) is 4. The van der Waals surface area contributed by atoms with E-state index in [0.29, 0.717) is 19.0 Å². The van der Waals surface area contributed by atoms with Crippen LogP contribution in [0.15, 0.2) is 67.1 Å². The van der Waals surface area contributed by atoms with Crippen LogP contribution in [0.25, 0.3) is 22.2 Å². The van der Waals surface area contributed by atoms with Crippen LogP contribution in [0.5, 0.6) is 5.75 Å². The molecule has 1 saturated heterocycles. The predicted molar refractivity (Wildman–Crippen MR) is 163 cm³/mol. The van der Waals surface area contributed by atoms with Crippen molar-refractivity contribution in [2.45, 2.75) is 44.4 Å². The van der Waals surface area contributed by atoms with E-state index in [2.05, 4.69) is 54.5 Å². The molecule has 6 rings (SSSR count). The monoisotopic (exact) mass is 569 g/mol. The SMILES string of the molecule is Nc1ncnc2c1c(-c1cccc(OCc3ccccc3)c1)cn2[C@H]1CC[C@@H](NC(=O)NCCN2CCOCC2)CC1. The lowest BCUT2D eigenvalue weighted by Crippen LogP contribution is -2.47. The van der Waals surface area contributed by atoms with E-state index in [1.807, 2.05) is 36.4 Å². The second kappa shape index (κ2) is 13.2. The first-order chi connectivity index (χ1) is 20.6. The van der Waals surface area contributed by atoms with Gasteiger partial charge in [0.05, 0.1) is 18.6 Å². The molecule has 2 fully saturated rings. The van der Waals surface area contributed by atoms with Crippen molar-refractivity contribution in [3.05, 3.63) is 72.7 Å². The van der Waals surface area contributed by atoms with Gasteiger partial charge in [0, 0.05) is 50.0 Å². The van der Waals surface area contributed by atoms with Crippen LogP contribution in [0.2, 0.25) is 0 Å². The van der Waals surface area contributed by atoms with Gasteiger partial charge in [-0.1, -0.05) is 42.5 Å². The molecule has 2 aromatic heterocycles. The number of nitrogens with two attached hydrogens (primary N) is 1. The van der Waals surface area contributed by atoms with E-state index in [9.17, 15) is 4.79 Å². The first kappa shape index (κ1) is 28.0. The number of fused-ring (bicyclic) bond motifs is 1. The number of hydrogen-bond acceptors (Lipinski definition) is 7. The zero-order chi connectivity index (χ0) is 28.7. The summed E-state index contributed by atoms with van der Waals surface area (Å²) < 4.78 is 13.7. The summed E-state index contributed by atoms with van der Waals surface area (Å²) >= 11 is 0. The highest BCUT2D eigenvalue weighted by Crippen LogP contribution is 2.38. The highest BCUT2D eigenvalue weighted by Gasteiger charge is 2.26. The summed E-state index contributed by atoms with van der Waals surface area (Å²) in [7, 11) is 0. The van der Waals surface area contributed by atoms with E-state index in [1.165, 1.54) is 6.33 Å². The molecule has 1 saturated carbocycles. The Bertz CT molecular complexity index is 1480. The van der Waals surface area contributed by atoms with Gasteiger partial charge in [0.2, 0.25) is 0 Å². The minimum absolute atomic E-state index is 0.0877. The van der Waals surface area contributed by atoms with E-state index in [1.54, 1.807) is 0 Å². The number of ether oxygens (including phenoxy) is 2. The zero-order valence-electron chi connectivity index (χ0n) is 23.9. The molecule has 4 N–H and O–H groups in total. The summed E-state index contributed by atoms with van der Waals surface area (Å²) in [6.07, 6.45) is 7.37. The van der Waals surface area contributed by atoms with Gasteiger partial charge in [0.25, 0.3) is 0 Å². The Morgan fingerprint density at radius 3 is 2.64 bits per heavy atom. The fourth-order valence-corrected chi connectivity index (χ4v) is 5.99. The molecule has 10 nitrogen and oxygen atoms in total. The third-order valence-electron chi connectivity index (χ3n) is 8.27. The molecule has 0 spiro atoms. The van der Waals surface area contributed by atoms with Crippen LogP contribution in [0, 0.1) is 0 Å². The standard InChI is InChI=1S/C32H39N7O3/c33-30-29-28(24-7-4-8-27(19-24)42-21-23-5-2-1-3-6-23)20-39(31(29)36-22-35-30)26-11-9-25(10-12-26)37-32(40)34-13-14-38-15-17-41-18-16-38/h1-8,19-20,22,25-26H,9-18,21H2,(H2,33,35,36)(H2,34,37,40)/t25-,26+. The number of benzene rings is 2. The minimum Gasteiger partial charge on any atom is -0.489 e. The van der Waals surface area contributed by atoms with Gasteiger partial charge < -0.3 is 30.4 Å². The van der Waals surface area contributed by atoms with E-state index < -0.39 is 0 Å². The number of rotatable bonds is 9. The van der Waals surface area contributed by atoms with Crippen LogP contribution >= 0.6 is 0 Å². The molecule has 42 heavy (non-hydrogen) atoms. The van der Waals surface area contributed by atoms with Crippen LogP contribution in [0.4, 0.5) is 10.6 Å². The smallest absolute Gasteiger partial charge is 0.315 e. The normalized spacial score (nSPS) is 19.4. The van der Waals surface area contributed by atoms with E-state index in [4.69, 9.17) is 15.2 Å². The molecule has 0 atom stereocenters. The topological polar surface area (TPSA) is 120 Å². The number of aromatic nitrogens is 3. The quantitative estimate of drug-likeness (QED) is 0.274. The Kier molecular flexibility index (Phi) is 8.81. The summed E-state index contributed by atoms with van der Waals surface area (Å²) in [5.74, 6) is 1.26. The summed E-state index contributed by atoms with van der Waals surface area (Å²) in [6.45, 7) is 5.36. The van der Waals surface area contributed by atoms with Gasteiger partial charge in [-0.3, -0.25) is 4.90 Å². The summed E-state index contributed by atoms with van der Waals surface area (Å²) in [4.78, 5) is 23.8. The second-order valence-corrected chi connectivity index (χ2v) is 11.1. The maximum Gasteiger partial charge on any atom is 0.315 e. The largest absolute Gasteiger partial charge is 0.489 e. The number of nitrogens with one attached hydrogen (secondary N) is 2. The zero-order valence-corrected chi connectivity index (χ0v) is 23.9. The van der Waals surface area contributed by atoms with Crippen molar-refractivity contribution in [2.75, 3.05) is 45.1 Å². The third-order valence-corrected chi connectivity index (χ3v) is 8.27. The lowest BCUT2D eigenvalue weighted by molar-refractivity contribution is 0.0387. The van der Waals surface area contributed by atoms with Crippen molar-refractivity contribution in [1.29, 1.82) is 0 Å². The average Bonchev–Trinajstić information content (AvgIpc) is 3.43. The van der Waals surface area contributed by atoms with Gasteiger partial charge in [-0.05, 0) is 48.9 Å². The fraction of sp³-hybridized carbons (Fsp3) is 0.406. The van der Waals surface area contributed by atoms with Crippen molar-refractivity contribution < 1.29 is 14.3 Å². The number of nitrogen functional groups attached to an aromatic ring is 1. The van der Waals surface area contributed by atoms with Crippen LogP contribution in [-0.2, 0) is 11.3 Å². The predicted octanol–water partition coefficient (Wildman–Crippen LogP) is 4.37. The molecule has 2 aromatic carbocycles. The van der Waals surface area contributed by atoms with Gasteiger partial charge in [0.1, 0.15) is 30.1 Å². The van der Waals surface area contributed by atoms with Gasteiger partial charge in [-0.2, -0.15) is 0 Å². The Hall–Kier alpha value is -4.15. The van der Waals surface area contributed by atoms with Crippen LogP contribution < -0.4 is 21.1 Å². The van der Waals surface area contributed by atoms with Gasteiger partial charge in [-0.25, -0.2) is 14.8 Å². The molecule has 2 aliphatic rings. The minimum atomic E-state index is -0.0877. The van der Waals surface area contributed by atoms with Gasteiger partial charge in [0.15, 0.2) is 0 Å². The second-order valence-electron chi connectivity index (χ2n) is 11.1. The number of carbonyl (C=O) groups excluding carboxylic acids is 1. The molecule has 3 heterocycles. The molecule has 2 amide bonds. The first-order valence-corrected chi connectivity index (χ1v) is 14.9. The maximum atomic E-state index is 12.5. The molecule has 4 aromatic rings. The van der Waals surface area contributed by atoms with Crippen molar-refractivity contribution in [3.8, 4) is 16.9 Å². The van der Waals surface area contributed by atoms with E-state index in [-0.39, 0.29) is 18.1 Å². The first-order valence-electron chi connectivity index (χ1n) is 14.9. The highest BCUT2D eigenvalue weighted by molar-refractivity contribution is 6.00. The number of hydrogen-bond donors (Lipinski definition) is 3. The number of anilines is 1. The molecule has 1 aliphatic carbocycles. The molecular formula is C32H39N7O3. The van der Waals surface area contributed by atoms with Crippen molar-refractivity contribution in [1.82, 2.24) is 30.1 Å². The summed E-state index contributed by atoms with van der Waals surface area (Å²) in [5, 5.41) is 7.05. The van der Waals surface area contributed by atoms with Gasteiger partial charge in [-0.15, -0.1) is 0 Å². The lowest BCUT2D eigenvalue weighted by Gasteiger charge is -2.30. The molecule has 220 valence electrons. The molecule has 10 heteroatoms. The molecular weight excluding hydrogens is 530 g/mol. The Morgan fingerprint density at radius 2 is 1.83 bits per heavy atom. The maximum absolute atomic E-state index is 12.5. The van der Waals surface area contributed by atoms with Crippen molar-refractivity contribution >= 4 is 22.9 Å². The third kappa shape index (κ3) is 6.66. The average molecular weight is 570 g/mol. The van der Waals surface area contributed by atoms with Crippen LogP contribution in [0.1, 0.15) is 37.3 Å². The molecule has 1 aliphatic heterocycles. The fourth-order valence-electron chi connectivity index (χ4n) is 5.99. The number of carbonyl (C=O) groups is 1. The molecule has 0 unspecified atom stereocenters. The number of amides is 2. The highest BCUT2D eigenvalue weighted by atomic mass is 16.5. The van der Waals surface area contributed by atoms with Crippen molar-refractivity contribution in [3.63, 3.8) is 0 Å². The Morgan fingerprint density at radius 1 is 1.02 bits per heavy atom. The summed E-state index contributed by atoms with van der Waals surface area (Å²) in [5.41, 5.74) is 10.4. The van der Waals surface area contributed by atoms with E-state index >= 15 is 0 Å². The van der Waals surface area contributed by atoms with Crippen LogP contribution in [0.3, 0.4) is 0 Å². The number of morpholine rings is 1. The molecule has 0 radical (unpaired) electrons. The Balaban J connectivity index is 1.10. The van der Waals surface area contributed by atoms with Crippen molar-refractivity contribution in [2.24, 2.45) is 0 Å². The lowest BCUT2D eigenvalue weighted by atomic mass is 9.91. The van der Waals surface area contributed by atoms with Crippen LogP contribution in [-0.4, -0.2) is 70.9 Å².